The zero-order chi connectivity index (χ0) is 7.98. The predicted molar refractivity (Wildman–Crippen MR) is 44.7 cm³/mol. The quantitative estimate of drug-likeness (QED) is 0.421. The SMILES string of the molecule is C=COC(C=C)CC(C)C. The van der Waals surface area contributed by atoms with Gasteiger partial charge in [0.05, 0.1) is 6.26 Å². The van der Waals surface area contributed by atoms with E-state index in [4.69, 9.17) is 4.74 Å². The van der Waals surface area contributed by atoms with E-state index in [1.54, 1.807) is 0 Å². The van der Waals surface area contributed by atoms with Crippen molar-refractivity contribution in [3.8, 4) is 0 Å². The Bertz CT molecular complexity index is 105. The molecule has 0 aliphatic carbocycles. The first kappa shape index (κ1) is 9.28. The minimum atomic E-state index is 0.137. The molecule has 1 nitrogen and oxygen atoms in total. The molecule has 0 radical (unpaired) electrons. The summed E-state index contributed by atoms with van der Waals surface area (Å²) in [6, 6.07) is 0. The molecule has 0 saturated carbocycles. The highest BCUT2D eigenvalue weighted by molar-refractivity contribution is 4.82. The summed E-state index contributed by atoms with van der Waals surface area (Å²) in [5.74, 6) is 0.642. The van der Waals surface area contributed by atoms with Gasteiger partial charge in [-0.3, -0.25) is 0 Å². The van der Waals surface area contributed by atoms with Crippen molar-refractivity contribution in [1.82, 2.24) is 0 Å². The maximum Gasteiger partial charge on any atom is 0.116 e. The Morgan fingerprint density at radius 3 is 2.30 bits per heavy atom. The first-order chi connectivity index (χ1) is 4.70. The fourth-order valence-electron chi connectivity index (χ4n) is 0.796. The second-order valence-corrected chi connectivity index (χ2v) is 2.71. The molecule has 0 aliphatic rings. The molecule has 0 saturated heterocycles. The Morgan fingerprint density at radius 1 is 1.40 bits per heavy atom. The highest BCUT2D eigenvalue weighted by atomic mass is 16.5. The van der Waals surface area contributed by atoms with E-state index in [0.29, 0.717) is 5.92 Å². The average Bonchev–Trinajstić information content (AvgIpc) is 1.86. The molecule has 0 aromatic rings. The number of hydrogen-bond donors (Lipinski definition) is 0. The van der Waals surface area contributed by atoms with E-state index in [2.05, 4.69) is 27.0 Å². The van der Waals surface area contributed by atoms with Gasteiger partial charge in [0, 0.05) is 0 Å². The van der Waals surface area contributed by atoms with Crippen LogP contribution in [-0.4, -0.2) is 6.10 Å². The summed E-state index contributed by atoms with van der Waals surface area (Å²) in [4.78, 5) is 0. The zero-order valence-corrected chi connectivity index (χ0v) is 6.84. The van der Waals surface area contributed by atoms with Gasteiger partial charge in [0.2, 0.25) is 0 Å². The van der Waals surface area contributed by atoms with E-state index in [-0.39, 0.29) is 6.10 Å². The summed E-state index contributed by atoms with van der Waals surface area (Å²) in [6.45, 7) is 11.5. The molecule has 0 spiro atoms. The molecule has 1 atom stereocenters. The normalized spacial score (nSPS) is 12.7. The van der Waals surface area contributed by atoms with Gasteiger partial charge in [0.25, 0.3) is 0 Å². The number of ether oxygens (including phenoxy) is 1. The fraction of sp³-hybridized carbons (Fsp3) is 0.556. The number of rotatable bonds is 5. The molecule has 0 aromatic heterocycles. The zero-order valence-electron chi connectivity index (χ0n) is 6.84. The summed E-state index contributed by atoms with van der Waals surface area (Å²) >= 11 is 0. The van der Waals surface area contributed by atoms with Crippen molar-refractivity contribution in [3.63, 3.8) is 0 Å². The predicted octanol–water partition coefficient (Wildman–Crippen LogP) is 2.75. The Morgan fingerprint density at radius 2 is 2.00 bits per heavy atom. The van der Waals surface area contributed by atoms with Crippen molar-refractivity contribution < 1.29 is 4.74 Å². The van der Waals surface area contributed by atoms with Gasteiger partial charge < -0.3 is 4.74 Å². The highest BCUT2D eigenvalue weighted by Gasteiger charge is 2.04. The summed E-state index contributed by atoms with van der Waals surface area (Å²) < 4.78 is 5.15. The molecular weight excluding hydrogens is 124 g/mol. The van der Waals surface area contributed by atoms with Crippen LogP contribution in [0.1, 0.15) is 20.3 Å². The van der Waals surface area contributed by atoms with Crippen molar-refractivity contribution in [2.45, 2.75) is 26.4 Å². The van der Waals surface area contributed by atoms with Crippen molar-refractivity contribution >= 4 is 0 Å². The molecule has 0 fully saturated rings. The molecule has 10 heavy (non-hydrogen) atoms. The smallest absolute Gasteiger partial charge is 0.116 e. The van der Waals surface area contributed by atoms with Crippen LogP contribution in [0.3, 0.4) is 0 Å². The topological polar surface area (TPSA) is 9.23 Å². The van der Waals surface area contributed by atoms with E-state index < -0.39 is 0 Å². The van der Waals surface area contributed by atoms with Crippen LogP contribution in [-0.2, 0) is 4.74 Å². The third kappa shape index (κ3) is 4.19. The lowest BCUT2D eigenvalue weighted by Crippen LogP contribution is -2.08. The van der Waals surface area contributed by atoms with Crippen molar-refractivity contribution in [2.24, 2.45) is 5.92 Å². The van der Waals surface area contributed by atoms with Gasteiger partial charge >= 0.3 is 0 Å². The van der Waals surface area contributed by atoms with Crippen LogP contribution in [0.4, 0.5) is 0 Å². The van der Waals surface area contributed by atoms with Gasteiger partial charge in [0.15, 0.2) is 0 Å². The molecule has 0 aliphatic heterocycles. The van der Waals surface area contributed by atoms with Crippen LogP contribution in [0, 0.1) is 5.92 Å². The van der Waals surface area contributed by atoms with E-state index in [0.717, 1.165) is 6.42 Å². The third-order valence-electron chi connectivity index (χ3n) is 1.24. The van der Waals surface area contributed by atoms with E-state index in [9.17, 15) is 0 Å². The molecule has 0 amide bonds. The second kappa shape index (κ2) is 5.10. The Kier molecular flexibility index (Phi) is 4.73. The lowest BCUT2D eigenvalue weighted by Gasteiger charge is -2.13. The maximum absolute atomic E-state index is 5.15. The highest BCUT2D eigenvalue weighted by Crippen LogP contribution is 2.08. The van der Waals surface area contributed by atoms with E-state index in [1.807, 2.05) is 6.08 Å². The van der Waals surface area contributed by atoms with Gasteiger partial charge in [-0.25, -0.2) is 0 Å². The van der Waals surface area contributed by atoms with Gasteiger partial charge in [-0.05, 0) is 12.3 Å². The number of hydrogen-bond acceptors (Lipinski definition) is 1. The van der Waals surface area contributed by atoms with E-state index >= 15 is 0 Å². The second-order valence-electron chi connectivity index (χ2n) is 2.71. The van der Waals surface area contributed by atoms with Gasteiger partial charge in [0.1, 0.15) is 6.10 Å². The lowest BCUT2D eigenvalue weighted by molar-refractivity contribution is 0.165. The molecule has 0 rings (SSSR count). The van der Waals surface area contributed by atoms with Crippen molar-refractivity contribution in [3.05, 3.63) is 25.5 Å². The van der Waals surface area contributed by atoms with Crippen LogP contribution in [0.25, 0.3) is 0 Å². The van der Waals surface area contributed by atoms with Gasteiger partial charge in [-0.15, -0.1) is 0 Å². The van der Waals surface area contributed by atoms with Gasteiger partial charge in [-0.2, -0.15) is 0 Å². The molecular formula is C9H16O. The third-order valence-corrected chi connectivity index (χ3v) is 1.24. The minimum absolute atomic E-state index is 0.137. The van der Waals surface area contributed by atoms with Crippen LogP contribution in [0.5, 0.6) is 0 Å². The minimum Gasteiger partial charge on any atom is -0.495 e. The summed E-state index contributed by atoms with van der Waals surface area (Å²) in [5, 5.41) is 0. The summed E-state index contributed by atoms with van der Waals surface area (Å²) in [6.07, 6.45) is 4.42. The lowest BCUT2D eigenvalue weighted by atomic mass is 10.1. The Hall–Kier alpha value is -0.720. The first-order valence-electron chi connectivity index (χ1n) is 3.59. The average molecular weight is 140 g/mol. The molecule has 0 N–H and O–H groups in total. The van der Waals surface area contributed by atoms with Crippen LogP contribution < -0.4 is 0 Å². The first-order valence-corrected chi connectivity index (χ1v) is 3.59. The monoisotopic (exact) mass is 140 g/mol. The largest absolute Gasteiger partial charge is 0.495 e. The molecule has 1 unspecified atom stereocenters. The van der Waals surface area contributed by atoms with Crippen LogP contribution in [0.2, 0.25) is 0 Å². The van der Waals surface area contributed by atoms with Crippen molar-refractivity contribution in [1.29, 1.82) is 0 Å². The Balaban J connectivity index is 3.59. The molecule has 58 valence electrons. The van der Waals surface area contributed by atoms with Crippen molar-refractivity contribution in [2.75, 3.05) is 0 Å². The van der Waals surface area contributed by atoms with E-state index in [1.165, 1.54) is 6.26 Å². The van der Waals surface area contributed by atoms with Gasteiger partial charge in [-0.1, -0.05) is 33.1 Å². The summed E-state index contributed by atoms with van der Waals surface area (Å²) in [5.41, 5.74) is 0. The molecule has 0 aromatic carbocycles. The molecule has 1 heteroatoms. The Labute approximate surface area is 63.4 Å². The van der Waals surface area contributed by atoms with Crippen LogP contribution in [0.15, 0.2) is 25.5 Å². The summed E-state index contributed by atoms with van der Waals surface area (Å²) in [7, 11) is 0. The fourth-order valence-corrected chi connectivity index (χ4v) is 0.796. The molecule has 0 heterocycles. The van der Waals surface area contributed by atoms with Crippen LogP contribution >= 0.6 is 0 Å². The standard InChI is InChI=1S/C9H16O/c1-5-9(10-6-2)7-8(3)4/h5-6,8-9H,1-2,7H2,3-4H3. The molecule has 0 bridgehead atoms. The maximum atomic E-state index is 5.15.